The van der Waals surface area contributed by atoms with Gasteiger partial charge in [0.2, 0.25) is 0 Å². The van der Waals surface area contributed by atoms with Crippen LogP contribution in [0.1, 0.15) is 10.5 Å². The van der Waals surface area contributed by atoms with Crippen molar-refractivity contribution in [3.05, 3.63) is 36.2 Å². The van der Waals surface area contributed by atoms with Gasteiger partial charge in [-0.1, -0.05) is 6.07 Å². The normalized spacial score (nSPS) is 10.8. The number of rotatable bonds is 2. The molecule has 0 aliphatic rings. The molecule has 0 unspecified atom stereocenters. The maximum Gasteiger partial charge on any atom is 0.354 e. The molecule has 100 valence electrons. The Hall–Kier alpha value is -2.89. The van der Waals surface area contributed by atoms with E-state index in [1.165, 1.54) is 13.2 Å². The minimum atomic E-state index is -1.12. The molecular formula is C14H11N3O3. The van der Waals surface area contributed by atoms with Crippen molar-refractivity contribution in [2.75, 3.05) is 12.8 Å². The lowest BCUT2D eigenvalue weighted by atomic mass is 10.1. The van der Waals surface area contributed by atoms with Crippen molar-refractivity contribution in [2.24, 2.45) is 0 Å². The maximum absolute atomic E-state index is 11.1. The predicted molar refractivity (Wildman–Crippen MR) is 75.0 cm³/mol. The molecule has 3 N–H and O–H groups in total. The lowest BCUT2D eigenvalue weighted by Crippen LogP contribution is -2.03. The molecule has 0 aliphatic heterocycles. The Morgan fingerprint density at radius 2 is 2.20 bits per heavy atom. The minimum Gasteiger partial charge on any atom is -0.494 e. The second-order valence-electron chi connectivity index (χ2n) is 4.27. The highest BCUT2D eigenvalue weighted by Crippen LogP contribution is 2.34. The quantitative estimate of drug-likeness (QED) is 0.691. The van der Waals surface area contributed by atoms with Crippen LogP contribution in [0.15, 0.2) is 30.5 Å². The third kappa shape index (κ3) is 1.70. The molecule has 3 aromatic rings. The van der Waals surface area contributed by atoms with Gasteiger partial charge in [0, 0.05) is 28.7 Å². The first-order valence-electron chi connectivity index (χ1n) is 5.87. The summed E-state index contributed by atoms with van der Waals surface area (Å²) in [5, 5.41) is 10.5. The van der Waals surface area contributed by atoms with Crippen LogP contribution in [0.4, 0.5) is 5.69 Å². The summed E-state index contributed by atoms with van der Waals surface area (Å²) < 4.78 is 5.29. The van der Waals surface area contributed by atoms with Gasteiger partial charge in [0.1, 0.15) is 11.3 Å². The second kappa shape index (κ2) is 4.34. The number of methoxy groups -OCH3 is 1. The van der Waals surface area contributed by atoms with Gasteiger partial charge < -0.3 is 15.6 Å². The van der Waals surface area contributed by atoms with E-state index in [1.54, 1.807) is 18.3 Å². The molecule has 0 bridgehead atoms. The maximum atomic E-state index is 11.1. The topological polar surface area (TPSA) is 98.3 Å². The number of nitrogens with two attached hydrogens (primary N) is 1. The molecule has 0 radical (unpaired) electrons. The summed E-state index contributed by atoms with van der Waals surface area (Å²) >= 11 is 0. The summed E-state index contributed by atoms with van der Waals surface area (Å²) in [7, 11) is 1.53. The highest BCUT2D eigenvalue weighted by Gasteiger charge is 2.14. The number of nitrogen functional groups attached to an aromatic ring is 1. The summed E-state index contributed by atoms with van der Waals surface area (Å²) in [4.78, 5) is 19.4. The molecule has 0 saturated heterocycles. The number of ether oxygens (including phenoxy) is 1. The number of carboxylic acids is 1. The van der Waals surface area contributed by atoms with Gasteiger partial charge in [0.25, 0.3) is 0 Å². The molecule has 3 rings (SSSR count). The van der Waals surface area contributed by atoms with E-state index in [4.69, 9.17) is 15.6 Å². The average Bonchev–Trinajstić information content (AvgIpc) is 2.45. The molecule has 0 fully saturated rings. The van der Waals surface area contributed by atoms with E-state index in [2.05, 4.69) is 9.97 Å². The number of benzene rings is 1. The van der Waals surface area contributed by atoms with Gasteiger partial charge in [-0.15, -0.1) is 0 Å². The molecule has 0 saturated carbocycles. The molecule has 1 aromatic carbocycles. The van der Waals surface area contributed by atoms with Crippen molar-refractivity contribution < 1.29 is 14.6 Å². The fraction of sp³-hybridized carbons (Fsp3) is 0.0714. The number of carboxylic acid groups (broad SMARTS) is 1. The Balaban J connectivity index is 2.52. The zero-order chi connectivity index (χ0) is 14.3. The largest absolute Gasteiger partial charge is 0.494 e. The number of fused-ring (bicyclic) bond motifs is 3. The van der Waals surface area contributed by atoms with Crippen LogP contribution in [0.5, 0.6) is 5.75 Å². The smallest absolute Gasteiger partial charge is 0.354 e. The van der Waals surface area contributed by atoms with Gasteiger partial charge >= 0.3 is 5.97 Å². The van der Waals surface area contributed by atoms with Crippen LogP contribution in [0.25, 0.3) is 21.8 Å². The van der Waals surface area contributed by atoms with Crippen molar-refractivity contribution in [3.63, 3.8) is 0 Å². The zero-order valence-corrected chi connectivity index (χ0v) is 10.6. The van der Waals surface area contributed by atoms with Crippen LogP contribution in [0.2, 0.25) is 0 Å². The Labute approximate surface area is 113 Å². The number of anilines is 1. The SMILES string of the molecule is COc1cc2nc(C(=O)O)cc(N)c2c2cccnc12. The fourth-order valence-corrected chi connectivity index (χ4v) is 2.24. The van der Waals surface area contributed by atoms with Crippen molar-refractivity contribution in [2.45, 2.75) is 0 Å². The molecule has 2 aromatic heterocycles. The molecule has 20 heavy (non-hydrogen) atoms. The fourth-order valence-electron chi connectivity index (χ4n) is 2.24. The molecule has 2 heterocycles. The summed E-state index contributed by atoms with van der Waals surface area (Å²) in [6, 6.07) is 6.63. The first-order valence-corrected chi connectivity index (χ1v) is 5.87. The van der Waals surface area contributed by atoms with Crippen LogP contribution >= 0.6 is 0 Å². The number of carbonyl (C=O) groups is 1. The molecular weight excluding hydrogens is 258 g/mol. The van der Waals surface area contributed by atoms with Gasteiger partial charge in [0.05, 0.1) is 12.6 Å². The lowest BCUT2D eigenvalue weighted by Gasteiger charge is -2.10. The van der Waals surface area contributed by atoms with Gasteiger partial charge in [-0.3, -0.25) is 4.98 Å². The van der Waals surface area contributed by atoms with Gasteiger partial charge in [-0.25, -0.2) is 9.78 Å². The average molecular weight is 269 g/mol. The number of hydrogen-bond donors (Lipinski definition) is 2. The Morgan fingerprint density at radius 3 is 2.90 bits per heavy atom. The Kier molecular flexibility index (Phi) is 2.64. The first kappa shape index (κ1) is 12.2. The summed E-state index contributed by atoms with van der Waals surface area (Å²) in [5.41, 5.74) is 7.38. The van der Waals surface area contributed by atoms with Crippen LogP contribution < -0.4 is 10.5 Å². The Morgan fingerprint density at radius 1 is 1.40 bits per heavy atom. The van der Waals surface area contributed by atoms with E-state index >= 15 is 0 Å². The van der Waals surface area contributed by atoms with Crippen molar-refractivity contribution >= 4 is 33.5 Å². The van der Waals surface area contributed by atoms with Gasteiger partial charge in [-0.05, 0) is 12.1 Å². The summed E-state index contributed by atoms with van der Waals surface area (Å²) in [6.07, 6.45) is 1.66. The van der Waals surface area contributed by atoms with Crippen molar-refractivity contribution in [3.8, 4) is 5.75 Å². The summed E-state index contributed by atoms with van der Waals surface area (Å²) in [5.74, 6) is -0.591. The van der Waals surface area contributed by atoms with Crippen molar-refractivity contribution in [1.29, 1.82) is 0 Å². The molecule has 6 heteroatoms. The van der Waals surface area contributed by atoms with Crippen molar-refractivity contribution in [1.82, 2.24) is 9.97 Å². The molecule has 0 spiro atoms. The van der Waals surface area contributed by atoms with E-state index in [0.717, 1.165) is 5.39 Å². The van der Waals surface area contributed by atoms with Crippen LogP contribution in [-0.2, 0) is 0 Å². The van der Waals surface area contributed by atoms with Crippen LogP contribution in [-0.4, -0.2) is 28.2 Å². The summed E-state index contributed by atoms with van der Waals surface area (Å²) in [6.45, 7) is 0. The van der Waals surface area contributed by atoms with Gasteiger partial charge in [-0.2, -0.15) is 0 Å². The first-order chi connectivity index (χ1) is 9.61. The van der Waals surface area contributed by atoms with E-state index in [9.17, 15) is 4.79 Å². The number of nitrogens with zero attached hydrogens (tertiary/aromatic N) is 2. The predicted octanol–water partition coefficient (Wildman–Crippen LogP) is 2.07. The second-order valence-corrected chi connectivity index (χ2v) is 4.27. The third-order valence-corrected chi connectivity index (χ3v) is 3.10. The number of aromatic nitrogens is 2. The third-order valence-electron chi connectivity index (χ3n) is 3.10. The van der Waals surface area contributed by atoms with E-state index in [0.29, 0.717) is 27.9 Å². The van der Waals surface area contributed by atoms with Crippen LogP contribution in [0.3, 0.4) is 0 Å². The molecule has 6 nitrogen and oxygen atoms in total. The molecule has 0 amide bonds. The van der Waals surface area contributed by atoms with E-state index in [1.807, 2.05) is 6.07 Å². The zero-order valence-electron chi connectivity index (χ0n) is 10.6. The number of aromatic carboxylic acids is 1. The number of hydrogen-bond acceptors (Lipinski definition) is 5. The monoisotopic (exact) mass is 269 g/mol. The van der Waals surface area contributed by atoms with E-state index in [-0.39, 0.29) is 5.69 Å². The minimum absolute atomic E-state index is 0.0970. The van der Waals surface area contributed by atoms with Crippen LogP contribution in [0, 0.1) is 0 Å². The Bertz CT molecular complexity index is 846. The van der Waals surface area contributed by atoms with Gasteiger partial charge in [0.15, 0.2) is 5.69 Å². The highest BCUT2D eigenvalue weighted by molar-refractivity contribution is 6.13. The standard InChI is InChI=1S/C14H11N3O3/c1-20-11-6-9-12(7-3-2-4-16-13(7)11)8(15)5-10(17-9)14(18)19/h2-6H,1H3,(H2,15,17)(H,18,19). The molecule has 0 aliphatic carbocycles. The molecule has 0 atom stereocenters. The highest BCUT2D eigenvalue weighted by atomic mass is 16.5. The van der Waals surface area contributed by atoms with E-state index < -0.39 is 5.97 Å². The lowest BCUT2D eigenvalue weighted by molar-refractivity contribution is 0.0691. The number of pyridine rings is 2.